The van der Waals surface area contributed by atoms with Crippen LogP contribution >= 0.6 is 0 Å². The Labute approximate surface area is 88.7 Å². The smallest absolute Gasteiger partial charge is 0.244 e. The summed E-state index contributed by atoms with van der Waals surface area (Å²) in [5.74, 6) is 0. The average molecular weight is 230 g/mol. The van der Waals surface area contributed by atoms with E-state index < -0.39 is 10.0 Å². The molecule has 0 heterocycles. The molecular weight excluding hydrogens is 216 g/mol. The largest absolute Gasteiger partial charge is 0.397 e. The van der Waals surface area contributed by atoms with Crippen molar-refractivity contribution in [3.8, 4) is 0 Å². The summed E-state index contributed by atoms with van der Waals surface area (Å²) in [4.78, 5) is -0.0208. The van der Waals surface area contributed by atoms with Crippen LogP contribution in [0.4, 0.5) is 17.1 Å². The zero-order valence-corrected chi connectivity index (χ0v) is 9.35. The zero-order valence-electron chi connectivity index (χ0n) is 8.53. The first kappa shape index (κ1) is 11.6. The topological polar surface area (TPSA) is 110 Å². The minimum atomic E-state index is -3.61. The molecule has 0 bridgehead atoms. The first-order valence-electron chi connectivity index (χ1n) is 4.23. The molecule has 1 aromatic rings. The number of benzene rings is 1. The Kier molecular flexibility index (Phi) is 3.06. The third kappa shape index (κ3) is 1.97. The van der Waals surface area contributed by atoms with Gasteiger partial charge in [-0.25, -0.2) is 13.1 Å². The second-order valence-corrected chi connectivity index (χ2v) is 4.73. The molecule has 0 spiro atoms. The van der Waals surface area contributed by atoms with Gasteiger partial charge in [-0.2, -0.15) is 0 Å². The van der Waals surface area contributed by atoms with E-state index in [9.17, 15) is 8.42 Å². The van der Waals surface area contributed by atoms with Crippen molar-refractivity contribution >= 4 is 27.1 Å². The summed E-state index contributed by atoms with van der Waals surface area (Å²) in [6, 6.07) is 3.12. The highest BCUT2D eigenvalue weighted by molar-refractivity contribution is 7.89. The SMILES string of the molecule is CNc1ccc(N)c(N)c1S(=O)(=O)NC. The molecular formula is C8H14N4O2S. The van der Waals surface area contributed by atoms with Crippen LogP contribution in [0.15, 0.2) is 17.0 Å². The maximum atomic E-state index is 11.7. The van der Waals surface area contributed by atoms with E-state index in [-0.39, 0.29) is 16.3 Å². The fourth-order valence-corrected chi connectivity index (χ4v) is 2.27. The molecule has 0 aliphatic carbocycles. The van der Waals surface area contributed by atoms with Gasteiger partial charge in [0.05, 0.1) is 17.1 Å². The lowest BCUT2D eigenvalue weighted by molar-refractivity contribution is 0.589. The molecule has 0 aliphatic heterocycles. The molecule has 0 amide bonds. The molecule has 1 aromatic carbocycles. The third-order valence-electron chi connectivity index (χ3n) is 2.04. The summed E-state index contributed by atoms with van der Waals surface area (Å²) in [7, 11) is -0.684. The number of rotatable bonds is 3. The monoisotopic (exact) mass is 230 g/mol. The third-order valence-corrected chi connectivity index (χ3v) is 3.55. The van der Waals surface area contributed by atoms with Gasteiger partial charge < -0.3 is 16.8 Å². The molecule has 0 fully saturated rings. The number of nitrogen functional groups attached to an aromatic ring is 2. The highest BCUT2D eigenvalue weighted by Crippen LogP contribution is 2.31. The summed E-state index contributed by atoms with van der Waals surface area (Å²) >= 11 is 0. The van der Waals surface area contributed by atoms with E-state index in [1.807, 2.05) is 0 Å². The van der Waals surface area contributed by atoms with Gasteiger partial charge in [-0.05, 0) is 19.2 Å². The van der Waals surface area contributed by atoms with Crippen molar-refractivity contribution in [2.75, 3.05) is 30.9 Å². The van der Waals surface area contributed by atoms with Crippen LogP contribution in [0.3, 0.4) is 0 Å². The molecule has 1 rings (SSSR count). The summed E-state index contributed by atoms with van der Waals surface area (Å²) in [6.45, 7) is 0. The van der Waals surface area contributed by atoms with Crippen molar-refractivity contribution < 1.29 is 8.42 Å². The summed E-state index contributed by atoms with van der Waals surface area (Å²) in [5.41, 5.74) is 11.9. The first-order valence-corrected chi connectivity index (χ1v) is 5.71. The number of anilines is 3. The van der Waals surface area contributed by atoms with Crippen LogP contribution in [0.2, 0.25) is 0 Å². The normalized spacial score (nSPS) is 11.3. The number of hydrogen-bond acceptors (Lipinski definition) is 5. The van der Waals surface area contributed by atoms with Crippen LogP contribution in [0.1, 0.15) is 0 Å². The van der Waals surface area contributed by atoms with Gasteiger partial charge in [0.25, 0.3) is 0 Å². The maximum absolute atomic E-state index is 11.7. The molecule has 84 valence electrons. The highest BCUT2D eigenvalue weighted by Gasteiger charge is 2.21. The van der Waals surface area contributed by atoms with Crippen molar-refractivity contribution in [1.29, 1.82) is 0 Å². The molecule has 0 aliphatic rings. The molecule has 7 heteroatoms. The second kappa shape index (κ2) is 3.95. The molecule has 0 radical (unpaired) electrons. The number of sulfonamides is 1. The van der Waals surface area contributed by atoms with Gasteiger partial charge in [0.2, 0.25) is 10.0 Å². The van der Waals surface area contributed by atoms with Crippen molar-refractivity contribution in [3.05, 3.63) is 12.1 Å². The van der Waals surface area contributed by atoms with E-state index in [1.165, 1.54) is 7.05 Å². The molecule has 6 N–H and O–H groups in total. The molecule has 15 heavy (non-hydrogen) atoms. The molecule has 0 saturated carbocycles. The van der Waals surface area contributed by atoms with Crippen molar-refractivity contribution in [2.24, 2.45) is 0 Å². The van der Waals surface area contributed by atoms with E-state index in [0.29, 0.717) is 5.69 Å². The van der Waals surface area contributed by atoms with Crippen LogP contribution in [0.25, 0.3) is 0 Å². The minimum Gasteiger partial charge on any atom is -0.397 e. The highest BCUT2D eigenvalue weighted by atomic mass is 32.2. The van der Waals surface area contributed by atoms with Crippen LogP contribution in [0, 0.1) is 0 Å². The van der Waals surface area contributed by atoms with Crippen molar-refractivity contribution in [3.63, 3.8) is 0 Å². The quantitative estimate of drug-likeness (QED) is 0.537. The number of nitrogens with two attached hydrogens (primary N) is 2. The molecule has 0 unspecified atom stereocenters. The second-order valence-electron chi connectivity index (χ2n) is 2.90. The molecule has 0 atom stereocenters. The van der Waals surface area contributed by atoms with Crippen molar-refractivity contribution in [1.82, 2.24) is 4.72 Å². The van der Waals surface area contributed by atoms with Crippen LogP contribution < -0.4 is 21.5 Å². The first-order chi connectivity index (χ1) is 6.94. The van der Waals surface area contributed by atoms with Gasteiger partial charge >= 0.3 is 0 Å². The Hall–Kier alpha value is -1.47. The van der Waals surface area contributed by atoms with Crippen LogP contribution in [0.5, 0.6) is 0 Å². The van der Waals surface area contributed by atoms with Gasteiger partial charge in [-0.15, -0.1) is 0 Å². The zero-order chi connectivity index (χ0) is 11.6. The van der Waals surface area contributed by atoms with Crippen molar-refractivity contribution in [2.45, 2.75) is 4.90 Å². The van der Waals surface area contributed by atoms with Crippen LogP contribution in [-0.2, 0) is 10.0 Å². The fourth-order valence-electron chi connectivity index (χ4n) is 1.20. The number of hydrogen-bond donors (Lipinski definition) is 4. The predicted octanol–water partition coefficient (Wildman–Crippen LogP) is -0.199. The summed E-state index contributed by atoms with van der Waals surface area (Å²) in [5, 5.41) is 2.75. The Morgan fingerprint density at radius 1 is 1.20 bits per heavy atom. The molecule has 0 aromatic heterocycles. The van der Waals surface area contributed by atoms with Crippen LogP contribution in [-0.4, -0.2) is 22.5 Å². The lowest BCUT2D eigenvalue weighted by atomic mass is 10.2. The van der Waals surface area contributed by atoms with Gasteiger partial charge in [-0.3, -0.25) is 0 Å². The van der Waals surface area contributed by atoms with Gasteiger partial charge in [0.1, 0.15) is 4.90 Å². The number of nitrogens with one attached hydrogen (secondary N) is 2. The lowest BCUT2D eigenvalue weighted by Crippen LogP contribution is -2.21. The van der Waals surface area contributed by atoms with E-state index in [1.54, 1.807) is 19.2 Å². The minimum absolute atomic E-state index is 0.0208. The van der Waals surface area contributed by atoms with E-state index in [4.69, 9.17) is 11.5 Å². The van der Waals surface area contributed by atoms with Gasteiger partial charge in [-0.1, -0.05) is 0 Å². The Morgan fingerprint density at radius 3 is 2.27 bits per heavy atom. The predicted molar refractivity (Wildman–Crippen MR) is 61.1 cm³/mol. The Morgan fingerprint density at radius 2 is 1.80 bits per heavy atom. The molecule has 0 saturated heterocycles. The van der Waals surface area contributed by atoms with E-state index in [0.717, 1.165) is 0 Å². The lowest BCUT2D eigenvalue weighted by Gasteiger charge is -2.13. The Balaban J connectivity index is 3.57. The van der Waals surface area contributed by atoms with E-state index >= 15 is 0 Å². The Bertz CT molecular complexity index is 470. The van der Waals surface area contributed by atoms with Gasteiger partial charge in [0.15, 0.2) is 0 Å². The summed E-state index contributed by atoms with van der Waals surface area (Å²) in [6.07, 6.45) is 0. The van der Waals surface area contributed by atoms with Gasteiger partial charge in [0, 0.05) is 7.05 Å². The standard InChI is InChI=1S/C8H14N4O2S/c1-11-6-4-3-5(9)7(10)8(6)15(13,14)12-2/h3-4,11-12H,9-10H2,1-2H3. The van der Waals surface area contributed by atoms with E-state index in [2.05, 4.69) is 10.0 Å². The molecule has 6 nitrogen and oxygen atoms in total. The maximum Gasteiger partial charge on any atom is 0.244 e. The summed E-state index contributed by atoms with van der Waals surface area (Å²) < 4.78 is 25.5. The average Bonchev–Trinajstić information content (AvgIpc) is 2.21. The fraction of sp³-hybridized carbons (Fsp3) is 0.250.